The maximum Gasteiger partial charge on any atom is 0.470 e. The molecule has 174 valence electrons. The summed E-state index contributed by atoms with van der Waals surface area (Å²) >= 11 is 0. The van der Waals surface area contributed by atoms with Crippen molar-refractivity contribution < 1.29 is 67.5 Å². The molecule has 16 heteroatoms. The molecule has 0 aromatic rings. The molecule has 0 amide bonds. The van der Waals surface area contributed by atoms with Gasteiger partial charge in [0.05, 0.1) is 0 Å². The molecule has 0 radical (unpaired) electrons. The van der Waals surface area contributed by atoms with E-state index in [-0.39, 0.29) is 13.2 Å². The van der Waals surface area contributed by atoms with Gasteiger partial charge in [-0.05, 0) is 12.8 Å². The number of hydrogen-bond acceptors (Lipinski definition) is 10. The molecule has 1 aliphatic rings. The summed E-state index contributed by atoms with van der Waals surface area (Å²) in [7, 11) is -10.4. The third kappa shape index (κ3) is 8.56. The van der Waals surface area contributed by atoms with E-state index in [1.54, 1.807) is 6.92 Å². The monoisotopic (exact) mass is 470 g/mol. The van der Waals surface area contributed by atoms with Gasteiger partial charge < -0.3 is 29.0 Å². The van der Waals surface area contributed by atoms with Gasteiger partial charge in [0, 0.05) is 13.2 Å². The molecule has 0 spiro atoms. The lowest BCUT2D eigenvalue weighted by molar-refractivity contribution is -0.403. The highest BCUT2D eigenvalue weighted by atomic mass is 31.2. The van der Waals surface area contributed by atoms with Crippen LogP contribution in [0.4, 0.5) is 0 Å². The summed E-state index contributed by atoms with van der Waals surface area (Å²) in [5.41, 5.74) is 0. The zero-order chi connectivity index (χ0) is 22.2. The Morgan fingerprint density at radius 2 is 1.07 bits per heavy atom. The van der Waals surface area contributed by atoms with Crippen molar-refractivity contribution in [3.63, 3.8) is 0 Å². The van der Waals surface area contributed by atoms with Gasteiger partial charge in [0.25, 0.3) is 0 Å². The number of ether oxygens (including phenoxy) is 2. The zero-order valence-electron chi connectivity index (χ0n) is 15.8. The van der Waals surface area contributed by atoms with Crippen molar-refractivity contribution in [1.82, 2.24) is 0 Å². The first-order valence-electron chi connectivity index (χ1n) is 8.80. The van der Waals surface area contributed by atoms with Crippen LogP contribution in [0.3, 0.4) is 0 Å². The minimum Gasteiger partial charge on any atom is -0.373 e. The summed E-state index contributed by atoms with van der Waals surface area (Å²) < 4.78 is 43.3. The average molecular weight is 470 g/mol. The maximum absolute atomic E-state index is 11.5. The van der Waals surface area contributed by atoms with Gasteiger partial charge in [-0.3, -0.25) is 19.6 Å². The van der Waals surface area contributed by atoms with Crippen LogP contribution in [0, 0.1) is 0 Å². The second-order valence-corrected chi connectivity index (χ2v) is 8.67. The van der Waals surface area contributed by atoms with Crippen LogP contribution in [0.15, 0.2) is 0 Å². The van der Waals surface area contributed by atoms with E-state index in [0.717, 1.165) is 0 Å². The summed E-state index contributed by atoms with van der Waals surface area (Å²) in [6.45, 7) is 3.58. The summed E-state index contributed by atoms with van der Waals surface area (Å²) in [5, 5.41) is 18.6. The van der Waals surface area contributed by atoms with Gasteiger partial charge in [-0.15, -0.1) is 0 Å². The van der Waals surface area contributed by atoms with E-state index in [2.05, 4.69) is 14.3 Å². The number of phosphoric ester groups is 2. The summed E-state index contributed by atoms with van der Waals surface area (Å²) in [6.07, 6.45) is -8.48. The molecule has 29 heavy (non-hydrogen) atoms. The van der Waals surface area contributed by atoms with E-state index in [1.807, 2.05) is 6.92 Å². The van der Waals surface area contributed by atoms with E-state index in [4.69, 9.17) is 14.0 Å². The van der Waals surface area contributed by atoms with Crippen LogP contribution in [-0.2, 0) is 37.4 Å². The minimum absolute atomic E-state index is 0.00744. The second-order valence-electron chi connectivity index (χ2n) is 6.29. The lowest BCUT2D eigenvalue weighted by Gasteiger charge is -2.47. The van der Waals surface area contributed by atoms with Crippen molar-refractivity contribution in [2.75, 3.05) is 13.2 Å². The zero-order valence-corrected chi connectivity index (χ0v) is 17.6. The lowest BCUT2D eigenvalue weighted by atomic mass is 9.84. The van der Waals surface area contributed by atoms with Crippen molar-refractivity contribution in [1.29, 1.82) is 0 Å². The van der Waals surface area contributed by atoms with Crippen LogP contribution in [0.5, 0.6) is 0 Å². The molecule has 6 N–H and O–H groups in total. The Bertz CT molecular complexity index is 564. The first-order chi connectivity index (χ1) is 13.5. The predicted molar refractivity (Wildman–Crippen MR) is 93.5 cm³/mol. The molecule has 0 aromatic carbocycles. The fraction of sp³-hybridized carbons (Fsp3) is 1.00. The van der Waals surface area contributed by atoms with Crippen molar-refractivity contribution in [2.45, 2.75) is 69.7 Å². The molecule has 6 atom stereocenters. The number of unbranched alkanes of at least 4 members (excludes halogenated alkanes) is 1. The maximum atomic E-state index is 11.5. The molecule has 1 aliphatic carbocycles. The van der Waals surface area contributed by atoms with Gasteiger partial charge in [-0.2, -0.15) is 0 Å². The van der Waals surface area contributed by atoms with Gasteiger partial charge in [0.2, 0.25) is 0 Å². The van der Waals surface area contributed by atoms with Crippen molar-refractivity contribution >= 4 is 15.6 Å². The topological polar surface area (TPSA) is 211 Å². The highest BCUT2D eigenvalue weighted by Gasteiger charge is 2.58. The van der Waals surface area contributed by atoms with E-state index in [1.165, 1.54) is 0 Å². The molecule has 0 saturated heterocycles. The Kier molecular flexibility index (Phi) is 11.3. The first kappa shape index (κ1) is 27.0. The smallest absolute Gasteiger partial charge is 0.373 e. The fourth-order valence-electron chi connectivity index (χ4n) is 2.92. The quantitative estimate of drug-likeness (QED) is 0.0945. The fourth-order valence-corrected chi connectivity index (χ4v) is 4.03. The van der Waals surface area contributed by atoms with Crippen LogP contribution in [0.1, 0.15) is 33.1 Å². The lowest BCUT2D eigenvalue weighted by Crippen LogP contribution is -2.67. The molecule has 0 heterocycles. The van der Waals surface area contributed by atoms with Crippen LogP contribution >= 0.6 is 15.6 Å². The second kappa shape index (κ2) is 12.1. The van der Waals surface area contributed by atoms with Gasteiger partial charge in [-0.1, -0.05) is 20.3 Å². The number of rotatable bonds is 13. The Morgan fingerprint density at radius 1 is 0.655 bits per heavy atom. The van der Waals surface area contributed by atoms with E-state index >= 15 is 0 Å². The Labute approximate surface area is 167 Å². The largest absolute Gasteiger partial charge is 0.470 e. The molecule has 1 saturated carbocycles. The van der Waals surface area contributed by atoms with E-state index in [9.17, 15) is 39.2 Å². The van der Waals surface area contributed by atoms with Crippen LogP contribution in [0.25, 0.3) is 0 Å². The average Bonchev–Trinajstić information content (AvgIpc) is 2.60. The highest BCUT2D eigenvalue weighted by molar-refractivity contribution is 7.46. The molecule has 0 aromatic heterocycles. The molecular weight excluding hydrogens is 442 g/mol. The first-order valence-corrected chi connectivity index (χ1v) is 11.9. The Balaban J connectivity index is 3.42. The molecule has 3 unspecified atom stereocenters. The highest BCUT2D eigenvalue weighted by Crippen LogP contribution is 2.47. The molecule has 14 nitrogen and oxygen atoms in total. The van der Waals surface area contributed by atoms with E-state index in [0.29, 0.717) is 19.3 Å². The van der Waals surface area contributed by atoms with Crippen LogP contribution < -0.4 is 0 Å². The normalized spacial score (nSPS) is 31.2. The predicted octanol–water partition coefficient (Wildman–Crippen LogP) is 0.653. The SMILES string of the molecule is CCCCOC1C(OP(=O)(O)O)[C@H](OO)[C@H](OO)C(OCCC)[C@@H]1OP(=O)(O)O. The van der Waals surface area contributed by atoms with Gasteiger partial charge in [-0.25, -0.2) is 18.9 Å². The Hall–Kier alpha value is -0.0200. The summed E-state index contributed by atoms with van der Waals surface area (Å²) in [4.78, 5) is 45.5. The van der Waals surface area contributed by atoms with Crippen LogP contribution in [-0.4, -0.2) is 79.9 Å². The molecule has 1 fully saturated rings. The standard InChI is InChI=1S/C13H28O14P2/c1-3-5-7-23-9-12(26-28(16,17)18)8(22-6-4-2)10(24-14)11(25-15)13(9)27-29(19,20)21/h8-15H,3-7H2,1-2H3,(H2,16,17,18)(H2,19,20,21)/t8?,9?,10-,11-,12+,13?/m1/s1. The minimum atomic E-state index is -5.22. The van der Waals surface area contributed by atoms with E-state index < -0.39 is 52.3 Å². The number of phosphoric acid groups is 2. The van der Waals surface area contributed by atoms with Gasteiger partial charge >= 0.3 is 15.6 Å². The number of hydrogen-bond donors (Lipinski definition) is 6. The molecule has 1 rings (SSSR count). The van der Waals surface area contributed by atoms with Crippen molar-refractivity contribution in [3.8, 4) is 0 Å². The van der Waals surface area contributed by atoms with Gasteiger partial charge in [0.15, 0.2) is 12.2 Å². The molecular formula is C13H28O14P2. The molecule has 0 bridgehead atoms. The third-order valence-corrected chi connectivity index (χ3v) is 5.06. The van der Waals surface area contributed by atoms with Crippen LogP contribution in [0.2, 0.25) is 0 Å². The molecule has 0 aliphatic heterocycles. The summed E-state index contributed by atoms with van der Waals surface area (Å²) in [6, 6.07) is 0. The third-order valence-electron chi connectivity index (χ3n) is 4.03. The van der Waals surface area contributed by atoms with Gasteiger partial charge in [0.1, 0.15) is 24.4 Å². The summed E-state index contributed by atoms with van der Waals surface area (Å²) in [5.74, 6) is 0. The van der Waals surface area contributed by atoms with Crippen molar-refractivity contribution in [2.24, 2.45) is 0 Å². The van der Waals surface area contributed by atoms with Crippen molar-refractivity contribution in [3.05, 3.63) is 0 Å². The Morgan fingerprint density at radius 3 is 1.48 bits per heavy atom.